The van der Waals surface area contributed by atoms with Gasteiger partial charge in [0.25, 0.3) is 0 Å². The zero-order chi connectivity index (χ0) is 17.3. The minimum atomic E-state index is -0.0330. The Balaban J connectivity index is 1.52. The molecule has 0 aliphatic carbocycles. The number of amides is 1. The Morgan fingerprint density at radius 1 is 1.04 bits per heavy atom. The number of nitrogens with zero attached hydrogens (tertiary/aromatic N) is 1. The molecule has 1 amide bonds. The number of nitrogens with one attached hydrogen (secondary N) is 1. The Morgan fingerprint density at radius 2 is 1.80 bits per heavy atom. The van der Waals surface area contributed by atoms with E-state index in [4.69, 9.17) is 4.42 Å². The van der Waals surface area contributed by atoms with E-state index in [1.165, 1.54) is 25.7 Å². The quantitative estimate of drug-likeness (QED) is 0.834. The van der Waals surface area contributed by atoms with Crippen molar-refractivity contribution in [1.29, 1.82) is 0 Å². The highest BCUT2D eigenvalue weighted by Crippen LogP contribution is 2.28. The van der Waals surface area contributed by atoms with Gasteiger partial charge in [-0.25, -0.2) is 0 Å². The average Bonchev–Trinajstić information content (AvgIpc) is 3.05. The number of likely N-dealkylation sites (tertiary alicyclic amines) is 1. The SMILES string of the molecule is O=C(CC(c1ccccc1)c1ccco1)NCCN1CCCCCC1. The lowest BCUT2D eigenvalue weighted by Crippen LogP contribution is -2.35. The molecule has 1 N–H and O–H groups in total. The van der Waals surface area contributed by atoms with Crippen LogP contribution in [0.2, 0.25) is 0 Å². The summed E-state index contributed by atoms with van der Waals surface area (Å²) < 4.78 is 5.58. The molecule has 1 saturated heterocycles. The van der Waals surface area contributed by atoms with Crippen LogP contribution in [0, 0.1) is 0 Å². The largest absolute Gasteiger partial charge is 0.469 e. The lowest BCUT2D eigenvalue weighted by Gasteiger charge is -2.20. The molecular formula is C21H28N2O2. The highest BCUT2D eigenvalue weighted by Gasteiger charge is 2.20. The maximum atomic E-state index is 12.5. The van der Waals surface area contributed by atoms with E-state index < -0.39 is 0 Å². The van der Waals surface area contributed by atoms with Crippen molar-refractivity contribution >= 4 is 5.91 Å². The highest BCUT2D eigenvalue weighted by molar-refractivity contribution is 5.77. The van der Waals surface area contributed by atoms with Crippen LogP contribution in [-0.2, 0) is 4.79 Å². The van der Waals surface area contributed by atoms with Crippen molar-refractivity contribution in [2.75, 3.05) is 26.2 Å². The Kier molecular flexibility index (Phi) is 6.69. The Labute approximate surface area is 150 Å². The summed E-state index contributed by atoms with van der Waals surface area (Å²) in [6.07, 6.45) is 7.32. The molecule has 1 fully saturated rings. The molecule has 1 aromatic heterocycles. The fourth-order valence-electron chi connectivity index (χ4n) is 3.53. The first-order valence-corrected chi connectivity index (χ1v) is 9.40. The molecule has 0 radical (unpaired) electrons. The van der Waals surface area contributed by atoms with Crippen molar-refractivity contribution in [2.45, 2.75) is 38.0 Å². The Bertz CT molecular complexity index is 617. The second-order valence-corrected chi connectivity index (χ2v) is 6.79. The molecule has 4 nitrogen and oxygen atoms in total. The summed E-state index contributed by atoms with van der Waals surface area (Å²) in [5, 5.41) is 3.09. The number of benzene rings is 1. The fourth-order valence-corrected chi connectivity index (χ4v) is 3.53. The van der Waals surface area contributed by atoms with Gasteiger partial charge in [0.2, 0.25) is 5.91 Å². The number of carbonyl (C=O) groups is 1. The van der Waals surface area contributed by atoms with Crippen LogP contribution in [-0.4, -0.2) is 37.0 Å². The van der Waals surface area contributed by atoms with Crippen LogP contribution in [0.3, 0.4) is 0 Å². The van der Waals surface area contributed by atoms with Gasteiger partial charge in [0.15, 0.2) is 0 Å². The van der Waals surface area contributed by atoms with Crippen molar-refractivity contribution in [3.8, 4) is 0 Å². The van der Waals surface area contributed by atoms with E-state index in [1.807, 2.05) is 30.3 Å². The maximum absolute atomic E-state index is 12.5. The molecule has 1 unspecified atom stereocenters. The zero-order valence-corrected chi connectivity index (χ0v) is 14.8. The number of carbonyl (C=O) groups excluding carboxylic acids is 1. The van der Waals surface area contributed by atoms with Crippen LogP contribution >= 0.6 is 0 Å². The third-order valence-corrected chi connectivity index (χ3v) is 4.93. The predicted octanol–water partition coefficient (Wildman–Crippen LogP) is 3.79. The van der Waals surface area contributed by atoms with Gasteiger partial charge in [0.1, 0.15) is 5.76 Å². The summed E-state index contributed by atoms with van der Waals surface area (Å²) in [4.78, 5) is 14.9. The van der Waals surface area contributed by atoms with E-state index in [0.29, 0.717) is 6.42 Å². The number of hydrogen-bond donors (Lipinski definition) is 1. The molecule has 1 aliphatic heterocycles. The van der Waals surface area contributed by atoms with Crippen molar-refractivity contribution in [2.24, 2.45) is 0 Å². The summed E-state index contributed by atoms with van der Waals surface area (Å²) >= 11 is 0. The Hall–Kier alpha value is -2.07. The monoisotopic (exact) mass is 340 g/mol. The smallest absolute Gasteiger partial charge is 0.221 e. The molecule has 134 valence electrons. The molecule has 3 rings (SSSR count). The molecule has 2 heterocycles. The minimum absolute atomic E-state index is 0.0330. The first kappa shape index (κ1) is 17.7. The summed E-state index contributed by atoms with van der Waals surface area (Å²) in [7, 11) is 0. The first-order valence-electron chi connectivity index (χ1n) is 9.40. The van der Waals surface area contributed by atoms with Crippen molar-refractivity contribution < 1.29 is 9.21 Å². The van der Waals surface area contributed by atoms with Crippen molar-refractivity contribution in [3.63, 3.8) is 0 Å². The lowest BCUT2D eigenvalue weighted by molar-refractivity contribution is -0.121. The van der Waals surface area contributed by atoms with Crippen molar-refractivity contribution in [1.82, 2.24) is 10.2 Å². The van der Waals surface area contributed by atoms with E-state index in [1.54, 1.807) is 6.26 Å². The predicted molar refractivity (Wildman–Crippen MR) is 99.5 cm³/mol. The molecule has 1 aromatic carbocycles. The molecule has 1 atom stereocenters. The molecule has 0 saturated carbocycles. The molecule has 0 spiro atoms. The second kappa shape index (κ2) is 9.42. The summed E-state index contributed by atoms with van der Waals surface area (Å²) in [5.74, 6) is 0.892. The molecular weight excluding hydrogens is 312 g/mol. The van der Waals surface area contributed by atoms with Crippen LogP contribution in [0.25, 0.3) is 0 Å². The van der Waals surface area contributed by atoms with Crippen LogP contribution in [0.15, 0.2) is 53.1 Å². The molecule has 25 heavy (non-hydrogen) atoms. The molecule has 2 aromatic rings. The third-order valence-electron chi connectivity index (χ3n) is 4.93. The second-order valence-electron chi connectivity index (χ2n) is 6.79. The lowest BCUT2D eigenvalue weighted by atomic mass is 9.93. The normalized spacial score (nSPS) is 17.0. The Morgan fingerprint density at radius 3 is 2.48 bits per heavy atom. The number of rotatable bonds is 7. The average molecular weight is 340 g/mol. The fraction of sp³-hybridized carbons (Fsp3) is 0.476. The van der Waals surface area contributed by atoms with Gasteiger partial charge in [0.05, 0.1) is 12.2 Å². The van der Waals surface area contributed by atoms with Crippen molar-refractivity contribution in [3.05, 3.63) is 60.1 Å². The molecule has 1 aliphatic rings. The maximum Gasteiger partial charge on any atom is 0.221 e. The zero-order valence-electron chi connectivity index (χ0n) is 14.8. The van der Waals surface area contributed by atoms with E-state index in [-0.39, 0.29) is 11.8 Å². The standard InChI is InChI=1S/C21H28N2O2/c24-21(22-12-15-23-13-6-1-2-7-14-23)17-19(20-11-8-16-25-20)18-9-4-3-5-10-18/h3-5,8-11,16,19H,1-2,6-7,12-15,17H2,(H,22,24). The first-order chi connectivity index (χ1) is 12.3. The van der Waals surface area contributed by atoms with Gasteiger partial charge < -0.3 is 14.6 Å². The van der Waals surface area contributed by atoms with Crippen LogP contribution < -0.4 is 5.32 Å². The summed E-state index contributed by atoms with van der Waals surface area (Å²) in [6, 6.07) is 13.9. The van der Waals surface area contributed by atoms with Gasteiger partial charge in [-0.3, -0.25) is 4.79 Å². The summed E-state index contributed by atoms with van der Waals surface area (Å²) in [6.45, 7) is 3.99. The van der Waals surface area contributed by atoms with Gasteiger partial charge in [-0.1, -0.05) is 43.2 Å². The van der Waals surface area contributed by atoms with Gasteiger partial charge >= 0.3 is 0 Å². The number of furan rings is 1. The third kappa shape index (κ3) is 5.46. The molecule has 0 bridgehead atoms. The number of hydrogen-bond acceptors (Lipinski definition) is 3. The van der Waals surface area contributed by atoms with Crippen LogP contribution in [0.4, 0.5) is 0 Å². The highest BCUT2D eigenvalue weighted by atomic mass is 16.3. The van der Waals surface area contributed by atoms with Gasteiger partial charge in [-0.05, 0) is 43.6 Å². The van der Waals surface area contributed by atoms with Gasteiger partial charge in [-0.15, -0.1) is 0 Å². The van der Waals surface area contributed by atoms with Crippen LogP contribution in [0.5, 0.6) is 0 Å². The molecule has 4 heteroatoms. The van der Waals surface area contributed by atoms with E-state index >= 15 is 0 Å². The van der Waals surface area contributed by atoms with E-state index in [2.05, 4.69) is 22.3 Å². The van der Waals surface area contributed by atoms with Gasteiger partial charge in [-0.2, -0.15) is 0 Å². The van der Waals surface area contributed by atoms with E-state index in [9.17, 15) is 4.79 Å². The van der Waals surface area contributed by atoms with Crippen LogP contribution in [0.1, 0.15) is 49.3 Å². The van der Waals surface area contributed by atoms with Gasteiger partial charge in [0, 0.05) is 19.5 Å². The minimum Gasteiger partial charge on any atom is -0.469 e. The topological polar surface area (TPSA) is 45.5 Å². The summed E-state index contributed by atoms with van der Waals surface area (Å²) in [5.41, 5.74) is 1.11. The van der Waals surface area contributed by atoms with E-state index in [0.717, 1.165) is 37.5 Å².